The van der Waals surface area contributed by atoms with Gasteiger partial charge >= 0.3 is 0 Å². The van der Waals surface area contributed by atoms with Gasteiger partial charge in [-0.25, -0.2) is 0 Å². The van der Waals surface area contributed by atoms with Crippen LogP contribution in [0.1, 0.15) is 45.3 Å². The predicted octanol–water partition coefficient (Wildman–Crippen LogP) is 2.84. The fraction of sp³-hybridized carbons (Fsp3) is 0.611. The molecule has 0 radical (unpaired) electrons. The van der Waals surface area contributed by atoms with Gasteiger partial charge in [0, 0.05) is 18.5 Å². The molecule has 1 N–H and O–H groups in total. The molecule has 0 bridgehead atoms. The molecule has 23 heavy (non-hydrogen) atoms. The monoisotopic (exact) mass is 319 g/mol. The lowest BCUT2D eigenvalue weighted by Crippen LogP contribution is -2.48. The van der Waals surface area contributed by atoms with E-state index in [0.29, 0.717) is 17.4 Å². The van der Waals surface area contributed by atoms with Crippen LogP contribution < -0.4 is 14.8 Å². The molecule has 0 spiro atoms. The number of benzene rings is 1. The zero-order chi connectivity index (χ0) is 16.6. The SMILES string of the molecule is CNC(=O)COc1cccc2c1OC(C)(C)[C@H]1CC[C@H](C)O[C@H]21. The standard InChI is InChI=1S/C18H25NO4/c1-11-8-9-13-16(22-11)12-6-5-7-14(21-10-15(20)19-4)17(12)23-18(13,2)3/h5-7,11,13,16H,8-10H2,1-4H3,(H,19,20)/t11-,13-,16+/m0/s1. The fourth-order valence-electron chi connectivity index (χ4n) is 3.51. The van der Waals surface area contributed by atoms with Gasteiger partial charge < -0.3 is 19.5 Å². The minimum absolute atomic E-state index is 0.0149. The van der Waals surface area contributed by atoms with Crippen molar-refractivity contribution in [2.45, 2.75) is 51.4 Å². The number of carbonyl (C=O) groups is 1. The molecule has 1 saturated heterocycles. The average Bonchev–Trinajstić information content (AvgIpc) is 2.52. The highest BCUT2D eigenvalue weighted by molar-refractivity contribution is 5.77. The molecule has 0 unspecified atom stereocenters. The number of rotatable bonds is 3. The van der Waals surface area contributed by atoms with E-state index in [1.807, 2.05) is 18.2 Å². The molecule has 0 aromatic heterocycles. The topological polar surface area (TPSA) is 56.8 Å². The summed E-state index contributed by atoms with van der Waals surface area (Å²) in [6.45, 7) is 6.29. The number of hydrogen-bond donors (Lipinski definition) is 1. The van der Waals surface area contributed by atoms with Crippen LogP contribution in [-0.4, -0.2) is 31.3 Å². The Hall–Kier alpha value is -1.75. The molecule has 0 saturated carbocycles. The third kappa shape index (κ3) is 3.02. The van der Waals surface area contributed by atoms with Crippen molar-refractivity contribution < 1.29 is 19.0 Å². The first kappa shape index (κ1) is 16.1. The number of likely N-dealkylation sites (N-methyl/N-ethyl adjacent to an activating group) is 1. The largest absolute Gasteiger partial charge is 0.483 e. The molecule has 126 valence electrons. The van der Waals surface area contributed by atoms with Gasteiger partial charge in [-0.15, -0.1) is 0 Å². The lowest BCUT2D eigenvalue weighted by atomic mass is 9.75. The third-order valence-corrected chi connectivity index (χ3v) is 4.84. The molecular weight excluding hydrogens is 294 g/mol. The minimum atomic E-state index is -0.329. The summed E-state index contributed by atoms with van der Waals surface area (Å²) in [4.78, 5) is 11.4. The molecule has 0 aliphatic carbocycles. The highest BCUT2D eigenvalue weighted by atomic mass is 16.5. The Labute approximate surface area is 137 Å². The molecule has 1 aromatic rings. The number of nitrogens with one attached hydrogen (secondary N) is 1. The van der Waals surface area contributed by atoms with Crippen LogP contribution in [0.4, 0.5) is 0 Å². The van der Waals surface area contributed by atoms with Crippen LogP contribution in [0.15, 0.2) is 18.2 Å². The summed E-state index contributed by atoms with van der Waals surface area (Å²) >= 11 is 0. The van der Waals surface area contributed by atoms with Crippen molar-refractivity contribution in [1.29, 1.82) is 0 Å². The van der Waals surface area contributed by atoms with Crippen molar-refractivity contribution in [2.24, 2.45) is 5.92 Å². The van der Waals surface area contributed by atoms with Gasteiger partial charge in [-0.05, 0) is 39.7 Å². The molecule has 1 fully saturated rings. The second-order valence-electron chi connectivity index (χ2n) is 6.89. The Morgan fingerprint density at radius 1 is 1.39 bits per heavy atom. The van der Waals surface area contributed by atoms with E-state index in [4.69, 9.17) is 14.2 Å². The number of hydrogen-bond acceptors (Lipinski definition) is 4. The van der Waals surface area contributed by atoms with E-state index < -0.39 is 0 Å². The minimum Gasteiger partial charge on any atom is -0.483 e. The Morgan fingerprint density at radius 2 is 2.17 bits per heavy atom. The predicted molar refractivity (Wildman–Crippen MR) is 86.7 cm³/mol. The summed E-state index contributed by atoms with van der Waals surface area (Å²) in [7, 11) is 1.59. The van der Waals surface area contributed by atoms with Gasteiger partial charge in [0.2, 0.25) is 0 Å². The number of fused-ring (bicyclic) bond motifs is 3. The summed E-state index contributed by atoms with van der Waals surface area (Å²) in [5, 5.41) is 2.55. The molecule has 1 aromatic carbocycles. The normalized spacial score (nSPS) is 28.1. The van der Waals surface area contributed by atoms with Gasteiger partial charge in [0.15, 0.2) is 18.1 Å². The van der Waals surface area contributed by atoms with E-state index >= 15 is 0 Å². The van der Waals surface area contributed by atoms with Crippen LogP contribution in [0.25, 0.3) is 0 Å². The molecular formula is C18H25NO4. The molecule has 3 atom stereocenters. The average molecular weight is 319 g/mol. The van der Waals surface area contributed by atoms with Crippen LogP contribution in [0, 0.1) is 5.92 Å². The van der Waals surface area contributed by atoms with E-state index in [9.17, 15) is 4.79 Å². The van der Waals surface area contributed by atoms with E-state index in [1.165, 1.54) is 0 Å². The molecule has 2 heterocycles. The van der Waals surface area contributed by atoms with Crippen LogP contribution in [0.2, 0.25) is 0 Å². The molecule has 3 rings (SSSR count). The highest BCUT2D eigenvalue weighted by Gasteiger charge is 2.47. The van der Waals surface area contributed by atoms with Gasteiger partial charge in [-0.2, -0.15) is 0 Å². The maximum absolute atomic E-state index is 11.4. The van der Waals surface area contributed by atoms with Gasteiger partial charge in [-0.1, -0.05) is 12.1 Å². The Kier molecular flexibility index (Phi) is 4.23. The van der Waals surface area contributed by atoms with Crippen molar-refractivity contribution in [3.05, 3.63) is 23.8 Å². The smallest absolute Gasteiger partial charge is 0.257 e. The van der Waals surface area contributed by atoms with E-state index in [1.54, 1.807) is 7.05 Å². The molecule has 2 aliphatic heterocycles. The molecule has 5 nitrogen and oxygen atoms in total. The van der Waals surface area contributed by atoms with Gasteiger partial charge in [0.05, 0.1) is 12.2 Å². The van der Waals surface area contributed by atoms with Crippen molar-refractivity contribution in [2.75, 3.05) is 13.7 Å². The lowest BCUT2D eigenvalue weighted by molar-refractivity contribution is -0.145. The molecule has 2 aliphatic rings. The third-order valence-electron chi connectivity index (χ3n) is 4.84. The van der Waals surface area contributed by atoms with E-state index in [0.717, 1.165) is 18.4 Å². The number of amides is 1. The van der Waals surface area contributed by atoms with Gasteiger partial charge in [-0.3, -0.25) is 4.79 Å². The number of carbonyl (C=O) groups excluding carboxylic acids is 1. The second-order valence-corrected chi connectivity index (χ2v) is 6.89. The van der Waals surface area contributed by atoms with E-state index in [-0.39, 0.29) is 30.3 Å². The number of ether oxygens (including phenoxy) is 3. The second kappa shape index (κ2) is 6.04. The van der Waals surface area contributed by atoms with Crippen molar-refractivity contribution in [3.63, 3.8) is 0 Å². The summed E-state index contributed by atoms with van der Waals surface area (Å²) in [6.07, 6.45) is 2.40. The Morgan fingerprint density at radius 3 is 2.91 bits per heavy atom. The zero-order valence-electron chi connectivity index (χ0n) is 14.2. The summed E-state index contributed by atoms with van der Waals surface area (Å²) < 4.78 is 18.2. The first-order valence-corrected chi connectivity index (χ1v) is 8.23. The zero-order valence-corrected chi connectivity index (χ0v) is 14.2. The van der Waals surface area contributed by atoms with Crippen LogP contribution in [0.5, 0.6) is 11.5 Å². The Bertz CT molecular complexity index is 599. The van der Waals surface area contributed by atoms with Gasteiger partial charge in [0.25, 0.3) is 5.91 Å². The first-order valence-electron chi connectivity index (χ1n) is 8.23. The van der Waals surface area contributed by atoms with Crippen LogP contribution in [-0.2, 0) is 9.53 Å². The van der Waals surface area contributed by atoms with Crippen molar-refractivity contribution in [3.8, 4) is 11.5 Å². The van der Waals surface area contributed by atoms with Crippen LogP contribution >= 0.6 is 0 Å². The fourth-order valence-corrected chi connectivity index (χ4v) is 3.51. The molecule has 1 amide bonds. The maximum atomic E-state index is 11.4. The summed E-state index contributed by atoms with van der Waals surface area (Å²) in [5.41, 5.74) is 0.694. The summed E-state index contributed by atoms with van der Waals surface area (Å²) in [6, 6.07) is 5.80. The van der Waals surface area contributed by atoms with Gasteiger partial charge in [0.1, 0.15) is 5.60 Å². The summed E-state index contributed by atoms with van der Waals surface area (Å²) in [5.74, 6) is 1.45. The highest BCUT2D eigenvalue weighted by Crippen LogP contribution is 2.53. The van der Waals surface area contributed by atoms with Crippen molar-refractivity contribution in [1.82, 2.24) is 5.32 Å². The lowest BCUT2D eigenvalue weighted by Gasteiger charge is -2.48. The first-order chi connectivity index (χ1) is 10.9. The quantitative estimate of drug-likeness (QED) is 0.931. The molecule has 5 heteroatoms. The van der Waals surface area contributed by atoms with Crippen LogP contribution in [0.3, 0.4) is 0 Å². The Balaban J connectivity index is 1.94. The van der Waals surface area contributed by atoms with Crippen molar-refractivity contribution >= 4 is 5.91 Å². The van der Waals surface area contributed by atoms with E-state index in [2.05, 4.69) is 26.1 Å². The number of para-hydroxylation sites is 1. The maximum Gasteiger partial charge on any atom is 0.257 e.